The van der Waals surface area contributed by atoms with Crippen molar-refractivity contribution in [2.75, 3.05) is 13.2 Å². The predicted molar refractivity (Wildman–Crippen MR) is 58.6 cm³/mol. The van der Waals surface area contributed by atoms with Gasteiger partial charge in [-0.2, -0.15) is 0 Å². The number of hydrogen-bond donors (Lipinski definition) is 0. The Hall–Kier alpha value is 0.643. The maximum atomic E-state index is 11.1. The molecule has 0 aliphatic heterocycles. The molecule has 5 heteroatoms. The molecule has 0 amide bonds. The molecule has 0 saturated carbocycles. The van der Waals surface area contributed by atoms with Crippen molar-refractivity contribution in [2.45, 2.75) is 52.4 Å². The molecule has 0 bridgehead atoms. The monoisotopic (exact) mass is 285 g/mol. The van der Waals surface area contributed by atoms with Crippen molar-refractivity contribution in [3.63, 3.8) is 0 Å². The van der Waals surface area contributed by atoms with E-state index in [-0.39, 0.29) is 19.5 Å². The summed E-state index contributed by atoms with van der Waals surface area (Å²) in [4.78, 5) is 0. The molecule has 0 aromatic carbocycles. The fraction of sp³-hybridized carbons (Fsp3) is 1.00. The van der Waals surface area contributed by atoms with E-state index in [0.717, 1.165) is 38.5 Å². The Bertz CT molecular complexity index is 131. The summed E-state index contributed by atoms with van der Waals surface area (Å²) in [5.41, 5.74) is 0. The molecule has 0 N–H and O–H groups in total. The van der Waals surface area contributed by atoms with Gasteiger partial charge in [0.2, 0.25) is 0 Å². The first-order chi connectivity index (χ1) is 6.81. The van der Waals surface area contributed by atoms with Gasteiger partial charge in [-0.25, -0.2) is 0 Å². The molecule has 0 aliphatic rings. The Morgan fingerprint density at radius 2 is 1.27 bits per heavy atom. The molecule has 0 heterocycles. The fourth-order valence-corrected chi connectivity index (χ4v) is 1.65. The Labute approximate surface area is 107 Å². The fourth-order valence-electron chi connectivity index (χ4n) is 1.02. The molecule has 0 spiro atoms. The van der Waals surface area contributed by atoms with Gasteiger partial charge in [0.25, 0.3) is 0 Å². The zero-order chi connectivity index (χ0) is 10.6. The molecule has 0 fully saturated rings. The zero-order valence-electron chi connectivity index (χ0n) is 10.0. The van der Waals surface area contributed by atoms with Crippen molar-refractivity contribution in [3.05, 3.63) is 0 Å². The third kappa shape index (κ3) is 14.6. The second-order valence-corrected chi connectivity index (χ2v) is 4.27. The molecule has 0 aliphatic carbocycles. The molecule has 3 nitrogen and oxygen atoms in total. The van der Waals surface area contributed by atoms with Crippen molar-refractivity contribution in [1.82, 2.24) is 0 Å². The summed E-state index contributed by atoms with van der Waals surface area (Å²) in [6, 6.07) is 0. The summed E-state index contributed by atoms with van der Waals surface area (Å²) in [6.07, 6.45) is 6.48. The van der Waals surface area contributed by atoms with Crippen LogP contribution in [0, 0.1) is 0 Å². The van der Waals surface area contributed by atoms with Crippen molar-refractivity contribution < 1.29 is 33.1 Å². The molecule has 0 atom stereocenters. The van der Waals surface area contributed by atoms with Crippen LogP contribution in [0.3, 0.4) is 0 Å². The first-order valence-corrected chi connectivity index (χ1v) is 6.63. The van der Waals surface area contributed by atoms with Gasteiger partial charge in [-0.3, -0.25) is 0 Å². The average Bonchev–Trinajstić information content (AvgIpc) is 2.19. The molecule has 0 aromatic heterocycles. The van der Waals surface area contributed by atoms with Crippen LogP contribution in [0.1, 0.15) is 52.4 Å². The van der Waals surface area contributed by atoms with Crippen LogP contribution in [-0.4, -0.2) is 13.2 Å². The summed E-state index contributed by atoms with van der Waals surface area (Å²) < 4.78 is 21.1. The minimum atomic E-state index is -1.86. The number of hydrogen-bond acceptors (Lipinski definition) is 3. The van der Waals surface area contributed by atoms with E-state index in [1.807, 2.05) is 0 Å². The summed E-state index contributed by atoms with van der Waals surface area (Å²) in [5, 5.41) is 0. The zero-order valence-corrected chi connectivity index (χ0v) is 13.9. The van der Waals surface area contributed by atoms with E-state index < -0.39 is 8.25 Å². The first kappa shape index (κ1) is 18.0. The molecule has 0 rings (SSSR count). The molecular formula is C10H22O3PZn+. The molecule has 0 aromatic rings. The first-order valence-electron chi connectivity index (χ1n) is 5.54. The van der Waals surface area contributed by atoms with E-state index in [0.29, 0.717) is 13.2 Å². The minimum absolute atomic E-state index is 0. The third-order valence-electron chi connectivity index (χ3n) is 1.89. The van der Waals surface area contributed by atoms with Gasteiger partial charge in [-0.15, -0.1) is 9.05 Å². The Morgan fingerprint density at radius 1 is 0.867 bits per heavy atom. The maximum absolute atomic E-state index is 11.1. The van der Waals surface area contributed by atoms with Gasteiger partial charge >= 0.3 is 8.25 Å². The van der Waals surface area contributed by atoms with Crippen LogP contribution in [0.2, 0.25) is 0 Å². The van der Waals surface area contributed by atoms with Gasteiger partial charge in [0.15, 0.2) is 0 Å². The predicted octanol–water partition coefficient (Wildman–Crippen LogP) is 4.05. The van der Waals surface area contributed by atoms with Crippen LogP contribution < -0.4 is 0 Å². The van der Waals surface area contributed by atoms with Gasteiger partial charge in [-0.05, 0) is 12.8 Å². The normalized spacial score (nSPS) is 9.73. The topological polar surface area (TPSA) is 35.5 Å². The number of rotatable bonds is 10. The van der Waals surface area contributed by atoms with Crippen LogP contribution in [0.4, 0.5) is 0 Å². The quantitative estimate of drug-likeness (QED) is 0.345. The standard InChI is InChI=1S/C10H22O3P.Zn/c1-3-5-7-9-12-14(11)13-10-8-6-4-2;/h3-10H2,1-2H3;/q+1;. The van der Waals surface area contributed by atoms with Gasteiger partial charge in [-0.1, -0.05) is 39.5 Å². The van der Waals surface area contributed by atoms with Crippen LogP contribution >= 0.6 is 8.25 Å². The third-order valence-corrected chi connectivity index (χ3v) is 2.68. The Morgan fingerprint density at radius 3 is 1.60 bits per heavy atom. The smallest absolute Gasteiger partial charge is 0.119 e. The maximum Gasteiger partial charge on any atom is 0.697 e. The van der Waals surface area contributed by atoms with E-state index >= 15 is 0 Å². The molecular weight excluding hydrogens is 264 g/mol. The van der Waals surface area contributed by atoms with E-state index in [1.54, 1.807) is 0 Å². The molecule has 0 saturated heterocycles. The summed E-state index contributed by atoms with van der Waals surface area (Å²) in [6.45, 7) is 5.36. The summed E-state index contributed by atoms with van der Waals surface area (Å²) >= 11 is 0. The van der Waals surface area contributed by atoms with Crippen LogP contribution in [0.15, 0.2) is 0 Å². The van der Waals surface area contributed by atoms with Crippen LogP contribution in [0.25, 0.3) is 0 Å². The Balaban J connectivity index is 0. The molecule has 0 radical (unpaired) electrons. The largest absolute Gasteiger partial charge is 0.697 e. The van der Waals surface area contributed by atoms with E-state index in [4.69, 9.17) is 9.05 Å². The van der Waals surface area contributed by atoms with Gasteiger partial charge < -0.3 is 0 Å². The van der Waals surface area contributed by atoms with Crippen LogP contribution in [0.5, 0.6) is 0 Å². The van der Waals surface area contributed by atoms with E-state index in [2.05, 4.69) is 13.8 Å². The van der Waals surface area contributed by atoms with Gasteiger partial charge in [0.05, 0.1) is 0 Å². The van der Waals surface area contributed by atoms with Crippen molar-refractivity contribution in [1.29, 1.82) is 0 Å². The van der Waals surface area contributed by atoms with Crippen molar-refractivity contribution in [3.8, 4) is 0 Å². The van der Waals surface area contributed by atoms with Crippen molar-refractivity contribution >= 4 is 8.25 Å². The number of unbranched alkanes of at least 4 members (excludes halogenated alkanes) is 4. The molecule has 0 unspecified atom stereocenters. The Kier molecular flexibility index (Phi) is 17.6. The SMILES string of the molecule is CCCCCO[P+](=O)OCCCCC.[Zn]. The van der Waals surface area contributed by atoms with E-state index in [9.17, 15) is 4.57 Å². The van der Waals surface area contributed by atoms with Crippen molar-refractivity contribution in [2.24, 2.45) is 0 Å². The minimum Gasteiger partial charge on any atom is -0.119 e. The summed E-state index contributed by atoms with van der Waals surface area (Å²) in [5.74, 6) is 0. The summed E-state index contributed by atoms with van der Waals surface area (Å²) in [7, 11) is -1.86. The second kappa shape index (κ2) is 14.6. The molecule has 15 heavy (non-hydrogen) atoms. The second-order valence-electron chi connectivity index (χ2n) is 3.30. The van der Waals surface area contributed by atoms with Crippen LogP contribution in [-0.2, 0) is 33.1 Å². The van der Waals surface area contributed by atoms with Gasteiger partial charge in [0.1, 0.15) is 13.2 Å². The molecule has 86 valence electrons. The van der Waals surface area contributed by atoms with E-state index in [1.165, 1.54) is 0 Å². The van der Waals surface area contributed by atoms with Gasteiger partial charge in [0, 0.05) is 24.0 Å². The average molecular weight is 287 g/mol.